The van der Waals surface area contributed by atoms with Gasteiger partial charge in [-0.2, -0.15) is 0 Å². The summed E-state index contributed by atoms with van der Waals surface area (Å²) in [6.07, 6.45) is 0. The number of carbonyl (C=O) groups excluding carboxylic acids is 2. The molecule has 25 heavy (non-hydrogen) atoms. The number of amides is 2. The van der Waals surface area contributed by atoms with E-state index in [-0.39, 0.29) is 18.4 Å². The van der Waals surface area contributed by atoms with E-state index < -0.39 is 0 Å². The molecule has 3 rings (SSSR count). The molecule has 1 N–H and O–H groups in total. The lowest BCUT2D eigenvalue weighted by Crippen LogP contribution is -2.28. The van der Waals surface area contributed by atoms with Crippen molar-refractivity contribution in [3.05, 3.63) is 53.6 Å². The molecule has 2 aromatic carbocycles. The zero-order chi connectivity index (χ0) is 17.8. The summed E-state index contributed by atoms with van der Waals surface area (Å²) in [6, 6.07) is 12.5. The van der Waals surface area contributed by atoms with Crippen LogP contribution in [0.5, 0.6) is 11.5 Å². The number of nitrogens with one attached hydrogen (secondary N) is 1. The van der Waals surface area contributed by atoms with Crippen LogP contribution in [0.2, 0.25) is 0 Å². The van der Waals surface area contributed by atoms with Crippen LogP contribution < -0.4 is 14.8 Å². The molecule has 0 fully saturated rings. The Kier molecular flexibility index (Phi) is 4.88. The van der Waals surface area contributed by atoms with E-state index in [1.807, 2.05) is 31.2 Å². The van der Waals surface area contributed by atoms with E-state index in [4.69, 9.17) is 9.47 Å². The Morgan fingerprint density at radius 2 is 2.00 bits per heavy atom. The van der Waals surface area contributed by atoms with Crippen LogP contribution in [0, 0.1) is 6.92 Å². The van der Waals surface area contributed by atoms with Gasteiger partial charge in [0.1, 0.15) is 18.1 Å². The highest BCUT2D eigenvalue weighted by Gasteiger charge is 2.21. The van der Waals surface area contributed by atoms with Crippen LogP contribution >= 0.6 is 0 Å². The van der Waals surface area contributed by atoms with Gasteiger partial charge in [-0.1, -0.05) is 17.7 Å². The van der Waals surface area contributed by atoms with E-state index in [9.17, 15) is 9.59 Å². The van der Waals surface area contributed by atoms with E-state index in [1.165, 1.54) is 0 Å². The molecule has 1 aliphatic rings. The molecule has 0 spiro atoms. The van der Waals surface area contributed by atoms with Gasteiger partial charge in [0.15, 0.2) is 6.61 Å². The Morgan fingerprint density at radius 3 is 2.76 bits per heavy atom. The highest BCUT2D eigenvalue weighted by atomic mass is 16.5. The number of hydrogen-bond acceptors (Lipinski definition) is 4. The quantitative estimate of drug-likeness (QED) is 0.928. The average molecular weight is 340 g/mol. The molecule has 1 heterocycles. The lowest BCUT2D eigenvalue weighted by Gasteiger charge is -2.13. The second-order valence-corrected chi connectivity index (χ2v) is 5.94. The molecule has 0 bridgehead atoms. The predicted octanol–water partition coefficient (Wildman–Crippen LogP) is 2.48. The molecular formula is C19H20N2O4. The summed E-state index contributed by atoms with van der Waals surface area (Å²) >= 11 is 0. The summed E-state index contributed by atoms with van der Waals surface area (Å²) in [7, 11) is 1.72. The van der Waals surface area contributed by atoms with E-state index in [0.29, 0.717) is 35.9 Å². The first-order valence-corrected chi connectivity index (χ1v) is 8.04. The third-order valence-corrected chi connectivity index (χ3v) is 3.92. The van der Waals surface area contributed by atoms with Crippen LogP contribution in [0.4, 0.5) is 5.69 Å². The summed E-state index contributed by atoms with van der Waals surface area (Å²) in [4.78, 5) is 26.0. The number of benzene rings is 2. The van der Waals surface area contributed by atoms with Gasteiger partial charge in [0.2, 0.25) is 0 Å². The van der Waals surface area contributed by atoms with E-state index in [1.54, 1.807) is 30.1 Å². The zero-order valence-corrected chi connectivity index (χ0v) is 14.2. The van der Waals surface area contributed by atoms with Crippen LogP contribution in [0.3, 0.4) is 0 Å². The van der Waals surface area contributed by atoms with E-state index >= 15 is 0 Å². The molecule has 130 valence electrons. The molecule has 0 radical (unpaired) electrons. The Balaban J connectivity index is 1.64. The summed E-state index contributed by atoms with van der Waals surface area (Å²) < 4.78 is 11.0. The first kappa shape index (κ1) is 16.8. The van der Waals surface area contributed by atoms with Crippen molar-refractivity contribution in [2.45, 2.75) is 6.92 Å². The Morgan fingerprint density at radius 1 is 1.24 bits per heavy atom. The normalized spacial score (nSPS) is 13.5. The lowest BCUT2D eigenvalue weighted by molar-refractivity contribution is -0.118. The number of anilines is 1. The van der Waals surface area contributed by atoms with E-state index in [2.05, 4.69) is 5.32 Å². The number of aryl methyl sites for hydroxylation is 1. The lowest BCUT2D eigenvalue weighted by atomic mass is 10.1. The van der Waals surface area contributed by atoms with Gasteiger partial charge in [-0.3, -0.25) is 9.59 Å². The first-order chi connectivity index (χ1) is 12.0. The van der Waals surface area contributed by atoms with Crippen molar-refractivity contribution in [1.29, 1.82) is 0 Å². The second-order valence-electron chi connectivity index (χ2n) is 5.94. The molecule has 0 saturated heterocycles. The second kappa shape index (κ2) is 7.25. The number of fused-ring (bicyclic) bond motifs is 1. The molecular weight excluding hydrogens is 320 g/mol. The van der Waals surface area contributed by atoms with Gasteiger partial charge >= 0.3 is 0 Å². The van der Waals surface area contributed by atoms with Crippen molar-refractivity contribution in [3.63, 3.8) is 0 Å². The Bertz CT molecular complexity index is 787. The summed E-state index contributed by atoms with van der Waals surface area (Å²) in [5, 5.41) is 2.74. The Labute approximate surface area is 146 Å². The maximum atomic E-state index is 12.3. The van der Waals surface area contributed by atoms with Crippen LogP contribution in [-0.2, 0) is 4.79 Å². The number of nitrogens with zero attached hydrogens (tertiary/aromatic N) is 1. The minimum absolute atomic E-state index is 0.107. The van der Waals surface area contributed by atoms with Crippen LogP contribution in [-0.4, -0.2) is 43.5 Å². The maximum absolute atomic E-state index is 12.3. The standard InChI is InChI=1S/C19H20N2O4/c1-13-3-6-15(7-4-13)25-12-18(22)20-14-5-8-17-16(11-14)19(23)21(2)9-10-24-17/h3-8,11H,9-10,12H2,1-2H3,(H,20,22). The molecule has 0 unspecified atom stereocenters. The van der Waals surface area contributed by atoms with Crippen LogP contribution in [0.25, 0.3) is 0 Å². The first-order valence-electron chi connectivity index (χ1n) is 8.04. The Hall–Kier alpha value is -3.02. The zero-order valence-electron chi connectivity index (χ0n) is 14.2. The van der Waals surface area contributed by atoms with Gasteiger partial charge in [0.05, 0.1) is 12.1 Å². The molecule has 2 aromatic rings. The van der Waals surface area contributed by atoms with Crippen molar-refractivity contribution in [1.82, 2.24) is 4.90 Å². The van der Waals surface area contributed by atoms with Gasteiger partial charge < -0.3 is 19.7 Å². The molecule has 0 atom stereocenters. The SMILES string of the molecule is Cc1ccc(OCC(=O)Nc2ccc3c(c2)C(=O)N(C)CCO3)cc1. The predicted molar refractivity (Wildman–Crippen MR) is 94.2 cm³/mol. The molecule has 6 nitrogen and oxygen atoms in total. The fourth-order valence-corrected chi connectivity index (χ4v) is 2.48. The van der Waals surface area contributed by atoms with Crippen molar-refractivity contribution in [2.75, 3.05) is 32.1 Å². The van der Waals surface area contributed by atoms with Gasteiger partial charge in [-0.15, -0.1) is 0 Å². The molecule has 2 amide bonds. The maximum Gasteiger partial charge on any atom is 0.262 e. The minimum Gasteiger partial charge on any atom is -0.491 e. The van der Waals surface area contributed by atoms with Gasteiger partial charge in [0.25, 0.3) is 11.8 Å². The molecule has 1 aliphatic heterocycles. The third-order valence-electron chi connectivity index (χ3n) is 3.92. The molecule has 6 heteroatoms. The van der Waals surface area contributed by atoms with Gasteiger partial charge in [-0.05, 0) is 37.3 Å². The molecule has 0 aromatic heterocycles. The highest BCUT2D eigenvalue weighted by Crippen LogP contribution is 2.26. The number of likely N-dealkylation sites (N-methyl/N-ethyl adjacent to an activating group) is 1. The molecule has 0 saturated carbocycles. The van der Waals surface area contributed by atoms with Crippen LogP contribution in [0.15, 0.2) is 42.5 Å². The van der Waals surface area contributed by atoms with Crippen molar-refractivity contribution in [2.24, 2.45) is 0 Å². The topological polar surface area (TPSA) is 67.9 Å². The largest absolute Gasteiger partial charge is 0.491 e. The van der Waals surface area contributed by atoms with Crippen molar-refractivity contribution >= 4 is 17.5 Å². The number of ether oxygens (including phenoxy) is 2. The van der Waals surface area contributed by atoms with Crippen molar-refractivity contribution in [3.8, 4) is 11.5 Å². The number of hydrogen-bond donors (Lipinski definition) is 1. The van der Waals surface area contributed by atoms with Gasteiger partial charge in [-0.25, -0.2) is 0 Å². The summed E-state index contributed by atoms with van der Waals surface area (Å²) in [6.45, 7) is 2.85. The van der Waals surface area contributed by atoms with E-state index in [0.717, 1.165) is 5.56 Å². The third kappa shape index (κ3) is 4.09. The minimum atomic E-state index is -0.295. The van der Waals surface area contributed by atoms with Crippen molar-refractivity contribution < 1.29 is 19.1 Å². The number of rotatable bonds is 4. The fourth-order valence-electron chi connectivity index (χ4n) is 2.48. The van der Waals surface area contributed by atoms with Gasteiger partial charge in [0, 0.05) is 12.7 Å². The van der Waals surface area contributed by atoms with Crippen LogP contribution in [0.1, 0.15) is 15.9 Å². The molecule has 0 aliphatic carbocycles. The smallest absolute Gasteiger partial charge is 0.262 e. The average Bonchev–Trinajstić information content (AvgIpc) is 2.74. The fraction of sp³-hybridized carbons (Fsp3) is 0.263. The number of carbonyl (C=O) groups is 2. The highest BCUT2D eigenvalue weighted by molar-refractivity contribution is 5.99. The summed E-state index contributed by atoms with van der Waals surface area (Å²) in [5.41, 5.74) is 2.10. The monoisotopic (exact) mass is 340 g/mol. The summed E-state index contributed by atoms with van der Waals surface area (Å²) in [5.74, 6) is 0.742.